The molecule has 0 aliphatic heterocycles. The molecule has 1 aromatic heterocycles. The van der Waals surface area contributed by atoms with E-state index in [4.69, 9.17) is 4.52 Å². The Morgan fingerprint density at radius 1 is 1.18 bits per heavy atom. The fourth-order valence-electron chi connectivity index (χ4n) is 2.36. The number of halogens is 1. The molecule has 0 aliphatic rings. The predicted molar refractivity (Wildman–Crippen MR) is 102 cm³/mol. The molecule has 0 fully saturated rings. The third-order valence-corrected chi connectivity index (χ3v) is 4.10. The molecule has 1 heterocycles. The van der Waals surface area contributed by atoms with E-state index in [-0.39, 0.29) is 29.3 Å². The maximum absolute atomic E-state index is 13.5. The summed E-state index contributed by atoms with van der Waals surface area (Å²) in [5, 5.41) is 9.32. The lowest BCUT2D eigenvalue weighted by Crippen LogP contribution is -2.34. The average molecular weight is 390 g/mol. The van der Waals surface area contributed by atoms with Crippen molar-refractivity contribution < 1.29 is 18.5 Å². The first kappa shape index (κ1) is 21.5. The maximum atomic E-state index is 13.5. The third-order valence-electron chi connectivity index (χ3n) is 4.10. The molecule has 0 unspecified atom stereocenters. The molecule has 2 aromatic rings. The lowest BCUT2D eigenvalue weighted by atomic mass is 9.96. The molecule has 2 N–H and O–H groups in total. The quantitative estimate of drug-likeness (QED) is 0.676. The van der Waals surface area contributed by atoms with Crippen LogP contribution in [0.1, 0.15) is 61.2 Å². The Kier molecular flexibility index (Phi) is 7.25. The third kappa shape index (κ3) is 6.44. The molecule has 0 bridgehead atoms. The smallest absolute Gasteiger partial charge is 0.251 e. The topological polar surface area (TPSA) is 97.1 Å². The molecule has 0 saturated heterocycles. The van der Waals surface area contributed by atoms with Crippen LogP contribution >= 0.6 is 0 Å². The van der Waals surface area contributed by atoms with Crippen LogP contribution in [0.4, 0.5) is 4.39 Å². The van der Waals surface area contributed by atoms with E-state index in [1.807, 2.05) is 20.8 Å². The first-order chi connectivity index (χ1) is 13.2. The summed E-state index contributed by atoms with van der Waals surface area (Å²) in [7, 11) is 0. The van der Waals surface area contributed by atoms with E-state index in [0.29, 0.717) is 43.1 Å². The van der Waals surface area contributed by atoms with Gasteiger partial charge in [0.2, 0.25) is 11.8 Å². The number of rotatable bonds is 8. The Bertz CT molecular complexity index is 827. The summed E-state index contributed by atoms with van der Waals surface area (Å²) in [4.78, 5) is 28.1. The van der Waals surface area contributed by atoms with Gasteiger partial charge in [-0.05, 0) is 31.0 Å². The van der Waals surface area contributed by atoms with Gasteiger partial charge in [-0.25, -0.2) is 4.39 Å². The van der Waals surface area contributed by atoms with Crippen LogP contribution in [0.5, 0.6) is 0 Å². The van der Waals surface area contributed by atoms with Gasteiger partial charge in [0.25, 0.3) is 5.91 Å². The van der Waals surface area contributed by atoms with E-state index in [0.717, 1.165) is 0 Å². The van der Waals surface area contributed by atoms with Gasteiger partial charge in [0, 0.05) is 36.9 Å². The first-order valence-electron chi connectivity index (χ1n) is 9.31. The van der Waals surface area contributed by atoms with Gasteiger partial charge < -0.3 is 15.2 Å². The highest BCUT2D eigenvalue weighted by atomic mass is 19.1. The van der Waals surface area contributed by atoms with Crippen molar-refractivity contribution >= 4 is 11.8 Å². The number of carbonyl (C=O) groups excluding carboxylic acids is 2. The van der Waals surface area contributed by atoms with E-state index in [1.165, 1.54) is 6.07 Å². The highest BCUT2D eigenvalue weighted by Crippen LogP contribution is 2.18. The average Bonchev–Trinajstić information content (AvgIpc) is 3.10. The number of hydrogen-bond donors (Lipinski definition) is 2. The lowest BCUT2D eigenvalue weighted by Gasteiger charge is -2.10. The Balaban J connectivity index is 1.63. The fourth-order valence-corrected chi connectivity index (χ4v) is 2.36. The molecule has 2 amide bonds. The van der Waals surface area contributed by atoms with Gasteiger partial charge in [0.05, 0.1) is 0 Å². The number of hydrogen-bond acceptors (Lipinski definition) is 5. The van der Waals surface area contributed by atoms with Gasteiger partial charge in [0.1, 0.15) is 5.82 Å². The molecule has 7 nitrogen and oxygen atoms in total. The second-order valence-corrected chi connectivity index (χ2v) is 7.69. The standard InChI is InChI=1S/C20H27FN4O3/c1-13-8-9-14(12-15(13)21)18(27)23-11-10-22-16(26)6-5-7-17-24-19(25-28-17)20(2,3)4/h8-9,12H,5-7,10-11H2,1-4H3,(H,22,26)(H,23,27). The molecule has 0 atom stereocenters. The minimum atomic E-state index is -0.420. The van der Waals surface area contributed by atoms with Crippen molar-refractivity contribution in [2.45, 2.75) is 52.4 Å². The molecule has 152 valence electrons. The molecule has 2 rings (SSSR count). The molecular weight excluding hydrogens is 363 g/mol. The van der Waals surface area contributed by atoms with Crippen molar-refractivity contribution in [2.24, 2.45) is 0 Å². The van der Waals surface area contributed by atoms with E-state index < -0.39 is 5.82 Å². The zero-order valence-corrected chi connectivity index (χ0v) is 16.8. The number of amides is 2. The van der Waals surface area contributed by atoms with E-state index in [9.17, 15) is 14.0 Å². The van der Waals surface area contributed by atoms with Crippen molar-refractivity contribution in [2.75, 3.05) is 13.1 Å². The van der Waals surface area contributed by atoms with Gasteiger partial charge in [-0.15, -0.1) is 0 Å². The van der Waals surface area contributed by atoms with E-state index in [2.05, 4.69) is 20.8 Å². The molecule has 0 spiro atoms. The summed E-state index contributed by atoms with van der Waals surface area (Å²) in [5.74, 6) is 0.258. The van der Waals surface area contributed by atoms with Crippen molar-refractivity contribution in [1.29, 1.82) is 0 Å². The molecular formula is C20H27FN4O3. The Labute approximate surface area is 164 Å². The Morgan fingerprint density at radius 3 is 2.54 bits per heavy atom. The first-order valence-corrected chi connectivity index (χ1v) is 9.31. The zero-order chi connectivity index (χ0) is 20.7. The summed E-state index contributed by atoms with van der Waals surface area (Å²) < 4.78 is 18.7. The van der Waals surface area contributed by atoms with Crippen LogP contribution in [0.2, 0.25) is 0 Å². The van der Waals surface area contributed by atoms with Gasteiger partial charge in [-0.1, -0.05) is 32.0 Å². The van der Waals surface area contributed by atoms with Crippen LogP contribution in [-0.4, -0.2) is 35.0 Å². The van der Waals surface area contributed by atoms with E-state index >= 15 is 0 Å². The van der Waals surface area contributed by atoms with Gasteiger partial charge in [-0.3, -0.25) is 9.59 Å². The minimum Gasteiger partial charge on any atom is -0.354 e. The molecule has 1 aromatic carbocycles. The summed E-state index contributed by atoms with van der Waals surface area (Å²) >= 11 is 0. The number of nitrogens with one attached hydrogen (secondary N) is 2. The second-order valence-electron chi connectivity index (χ2n) is 7.69. The second kappa shape index (κ2) is 9.43. The van der Waals surface area contributed by atoms with Crippen LogP contribution in [-0.2, 0) is 16.6 Å². The Morgan fingerprint density at radius 2 is 1.89 bits per heavy atom. The van der Waals surface area contributed by atoms with Crippen LogP contribution < -0.4 is 10.6 Å². The van der Waals surface area contributed by atoms with Crippen LogP contribution in [0, 0.1) is 12.7 Å². The predicted octanol–water partition coefficient (Wildman–Crippen LogP) is 2.68. The summed E-state index contributed by atoms with van der Waals surface area (Å²) in [6, 6.07) is 4.32. The van der Waals surface area contributed by atoms with Crippen LogP contribution in [0.3, 0.4) is 0 Å². The van der Waals surface area contributed by atoms with Gasteiger partial charge in [-0.2, -0.15) is 4.98 Å². The van der Waals surface area contributed by atoms with Gasteiger partial charge >= 0.3 is 0 Å². The summed E-state index contributed by atoms with van der Waals surface area (Å²) in [6.07, 6.45) is 1.45. The highest BCUT2D eigenvalue weighted by Gasteiger charge is 2.20. The number of aryl methyl sites for hydroxylation is 2. The van der Waals surface area contributed by atoms with Crippen molar-refractivity contribution in [1.82, 2.24) is 20.8 Å². The van der Waals surface area contributed by atoms with Gasteiger partial charge in [0.15, 0.2) is 5.82 Å². The molecule has 0 radical (unpaired) electrons. The fraction of sp³-hybridized carbons (Fsp3) is 0.500. The van der Waals surface area contributed by atoms with Crippen molar-refractivity contribution in [3.8, 4) is 0 Å². The Hall–Kier alpha value is -2.77. The normalized spacial score (nSPS) is 11.3. The van der Waals surface area contributed by atoms with Crippen LogP contribution in [0.15, 0.2) is 22.7 Å². The van der Waals surface area contributed by atoms with Crippen molar-refractivity contribution in [3.05, 3.63) is 46.9 Å². The highest BCUT2D eigenvalue weighted by molar-refractivity contribution is 5.94. The minimum absolute atomic E-state index is 0.119. The zero-order valence-electron chi connectivity index (χ0n) is 16.8. The molecule has 0 aliphatic carbocycles. The SMILES string of the molecule is Cc1ccc(C(=O)NCCNC(=O)CCCc2nc(C(C)(C)C)no2)cc1F. The lowest BCUT2D eigenvalue weighted by molar-refractivity contribution is -0.121. The maximum Gasteiger partial charge on any atom is 0.251 e. The largest absolute Gasteiger partial charge is 0.354 e. The molecule has 8 heteroatoms. The molecule has 0 saturated carbocycles. The van der Waals surface area contributed by atoms with E-state index in [1.54, 1.807) is 19.1 Å². The number of carbonyl (C=O) groups is 2. The summed E-state index contributed by atoms with van der Waals surface area (Å²) in [6.45, 7) is 8.20. The monoisotopic (exact) mass is 390 g/mol. The number of aromatic nitrogens is 2. The number of nitrogens with zero attached hydrogens (tertiary/aromatic N) is 2. The summed E-state index contributed by atoms with van der Waals surface area (Å²) in [5.41, 5.74) is 0.566. The van der Waals surface area contributed by atoms with Crippen LogP contribution in [0.25, 0.3) is 0 Å². The molecule has 28 heavy (non-hydrogen) atoms. The van der Waals surface area contributed by atoms with Crippen molar-refractivity contribution in [3.63, 3.8) is 0 Å². The number of benzene rings is 1.